The summed E-state index contributed by atoms with van der Waals surface area (Å²) in [4.78, 5) is 19.9. The zero-order valence-corrected chi connectivity index (χ0v) is 9.32. The van der Waals surface area contributed by atoms with Crippen molar-refractivity contribution in [3.8, 4) is 0 Å². The van der Waals surface area contributed by atoms with Crippen LogP contribution in [0.2, 0.25) is 0 Å². The first-order valence-corrected chi connectivity index (χ1v) is 5.75. The first kappa shape index (κ1) is 13.2. The van der Waals surface area contributed by atoms with Crippen LogP contribution in [0.5, 0.6) is 0 Å². The summed E-state index contributed by atoms with van der Waals surface area (Å²) in [7, 11) is 0. The lowest BCUT2D eigenvalue weighted by Crippen LogP contribution is -2.57. The van der Waals surface area contributed by atoms with Gasteiger partial charge in [0.15, 0.2) is 0 Å². The third-order valence-corrected chi connectivity index (χ3v) is 3.51. The van der Waals surface area contributed by atoms with Crippen molar-refractivity contribution in [3.05, 3.63) is 0 Å². The van der Waals surface area contributed by atoms with Gasteiger partial charge in [-0.3, -0.25) is 4.79 Å². The Bertz CT molecular complexity index is 293. The van der Waals surface area contributed by atoms with Crippen molar-refractivity contribution in [2.45, 2.75) is 36.1 Å². The lowest BCUT2D eigenvalue weighted by molar-refractivity contribution is -0.205. The number of rotatable bonds is 3. The number of hydrogen-bond acceptors (Lipinski definition) is 9. The molecule has 2 aliphatic rings. The van der Waals surface area contributed by atoms with E-state index in [-0.39, 0.29) is 0 Å². The van der Waals surface area contributed by atoms with E-state index in [9.17, 15) is 20.1 Å². The van der Waals surface area contributed by atoms with Gasteiger partial charge in [-0.2, -0.15) is 9.78 Å². The Morgan fingerprint density at radius 2 is 1.76 bits per heavy atom. The van der Waals surface area contributed by atoms with E-state index in [2.05, 4.69) is 9.78 Å². The Hall–Kier alpha value is -0.260. The maximum absolute atomic E-state index is 11.3. The molecular formula is C8H12O8S. The molecule has 2 aliphatic heterocycles. The van der Waals surface area contributed by atoms with Gasteiger partial charge in [-0.15, -0.1) is 0 Å². The largest absolute Gasteiger partial charge is 0.394 e. The van der Waals surface area contributed by atoms with Crippen LogP contribution in [-0.4, -0.2) is 68.3 Å². The molecule has 0 aromatic carbocycles. The fourth-order valence-corrected chi connectivity index (χ4v) is 2.36. The molecule has 8 nitrogen and oxygen atoms in total. The Kier molecular flexibility index (Phi) is 4.00. The number of aliphatic hydroxyl groups is 4. The summed E-state index contributed by atoms with van der Waals surface area (Å²) in [5, 5.41) is 36.9. The van der Waals surface area contributed by atoms with E-state index in [1.807, 2.05) is 0 Å². The van der Waals surface area contributed by atoms with Crippen molar-refractivity contribution >= 4 is 16.9 Å². The van der Waals surface area contributed by atoms with Crippen LogP contribution in [0.4, 0.5) is 0 Å². The molecule has 0 aromatic heterocycles. The molecule has 0 amide bonds. The van der Waals surface area contributed by atoms with E-state index in [1.165, 1.54) is 0 Å². The SMILES string of the molecule is O=C(SC1O[C@H](CO)[C@@H](O)[C@H](O)[C@H]1O)C1OO1. The van der Waals surface area contributed by atoms with Gasteiger partial charge in [-0.1, -0.05) is 0 Å². The first-order valence-electron chi connectivity index (χ1n) is 4.87. The highest BCUT2D eigenvalue weighted by atomic mass is 32.2. The summed E-state index contributed by atoms with van der Waals surface area (Å²) in [6, 6.07) is 0. The summed E-state index contributed by atoms with van der Waals surface area (Å²) in [5.41, 5.74) is -1.09. The van der Waals surface area contributed by atoms with Gasteiger partial charge in [0, 0.05) is 0 Å². The number of hydrogen-bond donors (Lipinski definition) is 4. The fourth-order valence-electron chi connectivity index (χ4n) is 1.44. The lowest BCUT2D eigenvalue weighted by atomic mass is 10.0. The Labute approximate surface area is 100 Å². The molecule has 2 rings (SSSR count). The predicted octanol–water partition coefficient (Wildman–Crippen LogP) is -2.67. The van der Waals surface area contributed by atoms with E-state index < -0.39 is 47.9 Å². The Balaban J connectivity index is 1.97. The van der Waals surface area contributed by atoms with E-state index in [4.69, 9.17) is 9.84 Å². The molecule has 98 valence electrons. The smallest absolute Gasteiger partial charge is 0.292 e. The molecule has 0 bridgehead atoms. The number of carbonyl (C=O) groups excluding carboxylic acids is 1. The second-order valence-electron chi connectivity index (χ2n) is 3.66. The highest BCUT2D eigenvalue weighted by Gasteiger charge is 2.46. The van der Waals surface area contributed by atoms with Gasteiger partial charge in [0.05, 0.1) is 6.61 Å². The molecule has 9 heteroatoms. The maximum Gasteiger partial charge on any atom is 0.292 e. The molecule has 2 fully saturated rings. The van der Waals surface area contributed by atoms with Gasteiger partial charge in [-0.05, 0) is 11.8 Å². The summed E-state index contributed by atoms with van der Waals surface area (Å²) in [6.07, 6.45) is -6.38. The molecule has 1 unspecified atom stereocenters. The average molecular weight is 268 g/mol. The van der Waals surface area contributed by atoms with Gasteiger partial charge in [-0.25, -0.2) is 0 Å². The van der Waals surface area contributed by atoms with Gasteiger partial charge in [0.25, 0.3) is 11.4 Å². The van der Waals surface area contributed by atoms with E-state index in [0.717, 1.165) is 0 Å². The topological polar surface area (TPSA) is 132 Å². The fraction of sp³-hybridized carbons (Fsp3) is 0.875. The van der Waals surface area contributed by atoms with Crippen LogP contribution in [0.1, 0.15) is 0 Å². The van der Waals surface area contributed by atoms with E-state index in [1.54, 1.807) is 0 Å². The van der Waals surface area contributed by atoms with Crippen molar-refractivity contribution in [1.82, 2.24) is 0 Å². The van der Waals surface area contributed by atoms with Crippen LogP contribution in [0, 0.1) is 0 Å². The molecule has 0 radical (unpaired) electrons. The van der Waals surface area contributed by atoms with Crippen LogP contribution < -0.4 is 0 Å². The number of carbonyl (C=O) groups is 1. The summed E-state index contributed by atoms with van der Waals surface area (Å²) >= 11 is 0.581. The minimum atomic E-state index is -1.49. The molecule has 0 spiro atoms. The van der Waals surface area contributed by atoms with Crippen LogP contribution in [-0.2, 0) is 19.3 Å². The summed E-state index contributed by atoms with van der Waals surface area (Å²) in [5.74, 6) is 0. The molecule has 2 heterocycles. The zero-order chi connectivity index (χ0) is 12.6. The lowest BCUT2D eigenvalue weighted by Gasteiger charge is -2.39. The van der Waals surface area contributed by atoms with Crippen LogP contribution >= 0.6 is 11.8 Å². The molecular weight excluding hydrogens is 256 g/mol. The first-order chi connectivity index (χ1) is 8.04. The highest BCUT2D eigenvalue weighted by molar-refractivity contribution is 8.14. The number of ether oxygens (including phenoxy) is 1. The molecule has 0 aliphatic carbocycles. The minimum absolute atomic E-state index is 0.519. The van der Waals surface area contributed by atoms with E-state index in [0.29, 0.717) is 11.8 Å². The van der Waals surface area contributed by atoms with Gasteiger partial charge < -0.3 is 25.2 Å². The van der Waals surface area contributed by atoms with Crippen molar-refractivity contribution in [3.63, 3.8) is 0 Å². The van der Waals surface area contributed by atoms with E-state index >= 15 is 0 Å². The molecule has 2 saturated heterocycles. The quantitative estimate of drug-likeness (QED) is 0.319. The standard InChI is InChI=1S/C8H12O8S/c9-1-2-3(10)4(11)5(12)8(14-2)17-6(13)7-15-16-7/h2-5,7-12H,1H2/t2-,3-,4+,5-,8?/m1/s1. The predicted molar refractivity (Wildman–Crippen MR) is 52.3 cm³/mol. The second-order valence-corrected chi connectivity index (χ2v) is 4.76. The van der Waals surface area contributed by atoms with Crippen LogP contribution in [0.3, 0.4) is 0 Å². The number of aliphatic hydroxyl groups excluding tert-OH is 4. The summed E-state index contributed by atoms with van der Waals surface area (Å²) in [6.45, 7) is -0.535. The normalized spacial score (nSPS) is 42.5. The Morgan fingerprint density at radius 1 is 1.12 bits per heavy atom. The van der Waals surface area contributed by atoms with Gasteiger partial charge in [0.2, 0.25) is 0 Å². The minimum Gasteiger partial charge on any atom is -0.394 e. The molecule has 0 aromatic rings. The molecule has 5 atom stereocenters. The van der Waals surface area contributed by atoms with Crippen molar-refractivity contribution in [2.75, 3.05) is 6.61 Å². The zero-order valence-electron chi connectivity index (χ0n) is 8.50. The molecule has 4 N–H and O–H groups in total. The van der Waals surface area contributed by atoms with Crippen molar-refractivity contribution in [1.29, 1.82) is 0 Å². The second kappa shape index (κ2) is 5.16. The monoisotopic (exact) mass is 268 g/mol. The van der Waals surface area contributed by atoms with Gasteiger partial charge >= 0.3 is 0 Å². The van der Waals surface area contributed by atoms with Crippen molar-refractivity contribution < 1.29 is 39.7 Å². The third-order valence-electron chi connectivity index (χ3n) is 2.47. The number of thioether (sulfide) groups is 1. The molecule has 0 saturated carbocycles. The third kappa shape index (κ3) is 2.77. The highest BCUT2D eigenvalue weighted by Crippen LogP contribution is 2.32. The van der Waals surface area contributed by atoms with Crippen molar-refractivity contribution in [2.24, 2.45) is 0 Å². The maximum atomic E-state index is 11.3. The Morgan fingerprint density at radius 3 is 2.29 bits per heavy atom. The van der Waals surface area contributed by atoms with Crippen LogP contribution in [0.15, 0.2) is 0 Å². The summed E-state index contributed by atoms with van der Waals surface area (Å²) < 4.78 is 5.10. The molecule has 17 heavy (non-hydrogen) atoms. The average Bonchev–Trinajstić information content (AvgIpc) is 3.13. The van der Waals surface area contributed by atoms with Crippen LogP contribution in [0.25, 0.3) is 0 Å². The van der Waals surface area contributed by atoms with Gasteiger partial charge in [0.1, 0.15) is 29.9 Å².